The SMILES string of the molecule is Cc1cc(-c2c(C)cc(Cl)cc2C)cc([C@H](CC(=O)O)NC(=O)[C@H](CC(C)C)NC(=O)c2cccc(CCN(C)C)n2)c1F. The van der Waals surface area contributed by atoms with E-state index in [1.807, 2.05) is 64.9 Å². The average molecular weight is 625 g/mol. The number of amides is 2. The third-order valence-electron chi connectivity index (χ3n) is 7.32. The van der Waals surface area contributed by atoms with Crippen LogP contribution in [0.5, 0.6) is 0 Å². The predicted molar refractivity (Wildman–Crippen MR) is 171 cm³/mol. The number of carbonyl (C=O) groups excluding carboxylic acids is 2. The monoisotopic (exact) mass is 624 g/mol. The summed E-state index contributed by atoms with van der Waals surface area (Å²) in [6, 6.07) is 9.88. The standard InChI is InChI=1S/C34H42ClFN4O4/c1-19(2)13-29(39-33(43)27-10-8-9-25(37-27)11-12-40(6)7)34(44)38-28(18-30(41)42)26-17-23(14-22(5)32(26)36)31-20(3)15-24(35)16-21(31)4/h8-10,14-17,19,28-29H,11-13,18H2,1-7H3,(H,38,44)(H,39,43)(H,41,42)/t28-,29-/m0/s1. The molecule has 1 heterocycles. The lowest BCUT2D eigenvalue weighted by Crippen LogP contribution is -2.48. The Morgan fingerprint density at radius 2 is 1.66 bits per heavy atom. The number of aromatic nitrogens is 1. The van der Waals surface area contributed by atoms with Gasteiger partial charge in [0.05, 0.1) is 12.5 Å². The van der Waals surface area contributed by atoms with Crippen LogP contribution in [0.4, 0.5) is 4.39 Å². The minimum absolute atomic E-state index is 0.0153. The highest BCUT2D eigenvalue weighted by Gasteiger charge is 2.29. The fraction of sp³-hybridized carbons (Fsp3) is 0.412. The molecule has 2 atom stereocenters. The van der Waals surface area contributed by atoms with Crippen LogP contribution in [0, 0.1) is 32.5 Å². The first-order chi connectivity index (χ1) is 20.7. The summed E-state index contributed by atoms with van der Waals surface area (Å²) in [5, 5.41) is 15.8. The van der Waals surface area contributed by atoms with Gasteiger partial charge < -0.3 is 20.6 Å². The molecule has 0 aliphatic heterocycles. The van der Waals surface area contributed by atoms with Crippen LogP contribution in [0.25, 0.3) is 11.1 Å². The van der Waals surface area contributed by atoms with Gasteiger partial charge in [-0.3, -0.25) is 14.4 Å². The molecule has 8 nitrogen and oxygen atoms in total. The van der Waals surface area contributed by atoms with E-state index in [1.165, 1.54) is 0 Å². The van der Waals surface area contributed by atoms with Crippen LogP contribution in [0.15, 0.2) is 42.5 Å². The van der Waals surface area contributed by atoms with Gasteiger partial charge in [-0.2, -0.15) is 0 Å². The molecular formula is C34H42ClFN4O4. The smallest absolute Gasteiger partial charge is 0.305 e. The molecule has 2 amide bonds. The van der Waals surface area contributed by atoms with Gasteiger partial charge in [0.15, 0.2) is 0 Å². The Kier molecular flexibility index (Phi) is 12.0. The summed E-state index contributed by atoms with van der Waals surface area (Å²) in [5.41, 5.74) is 4.57. The number of halogens is 2. The molecule has 0 unspecified atom stereocenters. The average Bonchev–Trinajstić information content (AvgIpc) is 2.92. The molecule has 0 aliphatic rings. The van der Waals surface area contributed by atoms with Crippen LogP contribution < -0.4 is 10.6 Å². The maximum atomic E-state index is 15.7. The number of likely N-dealkylation sites (N-methyl/N-ethyl adjacent to an activating group) is 1. The van der Waals surface area contributed by atoms with Crippen molar-refractivity contribution in [2.75, 3.05) is 20.6 Å². The lowest BCUT2D eigenvalue weighted by atomic mass is 9.90. The highest BCUT2D eigenvalue weighted by atomic mass is 35.5. The minimum Gasteiger partial charge on any atom is -0.481 e. The van der Waals surface area contributed by atoms with E-state index in [9.17, 15) is 19.5 Å². The number of hydrogen-bond acceptors (Lipinski definition) is 5. The van der Waals surface area contributed by atoms with Crippen molar-refractivity contribution in [3.8, 4) is 11.1 Å². The van der Waals surface area contributed by atoms with Crippen molar-refractivity contribution >= 4 is 29.4 Å². The van der Waals surface area contributed by atoms with Gasteiger partial charge in [0.1, 0.15) is 17.6 Å². The van der Waals surface area contributed by atoms with Crippen LogP contribution >= 0.6 is 11.6 Å². The Bertz CT molecular complexity index is 1500. The number of aliphatic carboxylic acids is 1. The summed E-state index contributed by atoms with van der Waals surface area (Å²) < 4.78 is 15.7. The van der Waals surface area contributed by atoms with Gasteiger partial charge in [0.2, 0.25) is 5.91 Å². The molecule has 1 aromatic heterocycles. The van der Waals surface area contributed by atoms with E-state index < -0.39 is 42.1 Å². The number of hydrogen-bond donors (Lipinski definition) is 3. The predicted octanol–water partition coefficient (Wildman–Crippen LogP) is 6.05. The molecule has 3 rings (SSSR count). The second-order valence-electron chi connectivity index (χ2n) is 12.0. The first-order valence-corrected chi connectivity index (χ1v) is 15.0. The molecule has 0 aliphatic carbocycles. The third kappa shape index (κ3) is 9.34. The molecule has 3 N–H and O–H groups in total. The van der Waals surface area contributed by atoms with Gasteiger partial charge in [-0.25, -0.2) is 9.37 Å². The molecule has 10 heteroatoms. The number of carbonyl (C=O) groups is 3. The molecule has 236 valence electrons. The fourth-order valence-corrected chi connectivity index (χ4v) is 5.59. The molecule has 0 radical (unpaired) electrons. The van der Waals surface area contributed by atoms with Gasteiger partial charge in [0, 0.05) is 29.2 Å². The highest BCUT2D eigenvalue weighted by molar-refractivity contribution is 6.30. The molecule has 0 bridgehead atoms. The topological polar surface area (TPSA) is 112 Å². The molecule has 44 heavy (non-hydrogen) atoms. The number of carboxylic acids is 1. The van der Waals surface area contributed by atoms with Gasteiger partial charge >= 0.3 is 5.97 Å². The van der Waals surface area contributed by atoms with Crippen molar-refractivity contribution in [2.24, 2.45) is 5.92 Å². The van der Waals surface area contributed by atoms with Crippen LogP contribution in [0.1, 0.15) is 71.2 Å². The van der Waals surface area contributed by atoms with Crippen molar-refractivity contribution in [2.45, 2.75) is 66.0 Å². The van der Waals surface area contributed by atoms with Crippen LogP contribution in [-0.2, 0) is 16.0 Å². The van der Waals surface area contributed by atoms with Gasteiger partial charge in [-0.05, 0) is 111 Å². The van der Waals surface area contributed by atoms with Gasteiger partial charge in [-0.1, -0.05) is 31.5 Å². The summed E-state index contributed by atoms with van der Waals surface area (Å²) in [6.07, 6.45) is 0.379. The van der Waals surface area contributed by atoms with E-state index in [4.69, 9.17) is 11.6 Å². The van der Waals surface area contributed by atoms with E-state index in [0.29, 0.717) is 22.6 Å². The zero-order chi connectivity index (χ0) is 32.7. The van der Waals surface area contributed by atoms with Crippen LogP contribution in [0.2, 0.25) is 5.02 Å². The van der Waals surface area contributed by atoms with Crippen molar-refractivity contribution in [1.82, 2.24) is 20.5 Å². The minimum atomic E-state index is -1.21. The van der Waals surface area contributed by atoms with Crippen LogP contribution in [-0.4, -0.2) is 59.5 Å². The Balaban J connectivity index is 1.94. The molecular weight excluding hydrogens is 583 g/mol. The summed E-state index contributed by atoms with van der Waals surface area (Å²) in [4.78, 5) is 45.3. The number of carboxylic acid groups (broad SMARTS) is 1. The molecule has 0 fully saturated rings. The Hall–Kier alpha value is -3.82. The van der Waals surface area contributed by atoms with E-state index in [0.717, 1.165) is 28.9 Å². The van der Waals surface area contributed by atoms with Crippen molar-refractivity contribution < 1.29 is 23.9 Å². The van der Waals surface area contributed by atoms with E-state index in [1.54, 1.807) is 31.2 Å². The zero-order valence-electron chi connectivity index (χ0n) is 26.4. The number of rotatable bonds is 13. The summed E-state index contributed by atoms with van der Waals surface area (Å²) >= 11 is 6.23. The fourth-order valence-electron chi connectivity index (χ4n) is 5.26. The Labute approximate surface area is 264 Å². The number of nitrogens with zero attached hydrogens (tertiary/aromatic N) is 2. The lowest BCUT2D eigenvalue weighted by molar-refractivity contribution is -0.137. The number of benzene rings is 2. The van der Waals surface area contributed by atoms with Crippen molar-refractivity contribution in [3.05, 3.63) is 86.9 Å². The Morgan fingerprint density at radius 1 is 1.00 bits per heavy atom. The summed E-state index contributed by atoms with van der Waals surface area (Å²) in [6.45, 7) is 9.97. The molecule has 3 aromatic rings. The zero-order valence-corrected chi connectivity index (χ0v) is 27.2. The van der Waals surface area contributed by atoms with Crippen LogP contribution in [0.3, 0.4) is 0 Å². The van der Waals surface area contributed by atoms with E-state index >= 15 is 4.39 Å². The molecule has 0 saturated heterocycles. The first-order valence-electron chi connectivity index (χ1n) is 14.7. The lowest BCUT2D eigenvalue weighted by Gasteiger charge is -2.25. The summed E-state index contributed by atoms with van der Waals surface area (Å²) in [5.74, 6) is -2.93. The van der Waals surface area contributed by atoms with Gasteiger partial charge in [0.25, 0.3) is 5.91 Å². The number of nitrogens with one attached hydrogen (secondary N) is 2. The van der Waals surface area contributed by atoms with Crippen molar-refractivity contribution in [1.29, 1.82) is 0 Å². The molecule has 0 saturated carbocycles. The maximum absolute atomic E-state index is 15.7. The van der Waals surface area contributed by atoms with Gasteiger partial charge in [-0.15, -0.1) is 0 Å². The highest BCUT2D eigenvalue weighted by Crippen LogP contribution is 2.34. The second-order valence-corrected chi connectivity index (χ2v) is 12.4. The van der Waals surface area contributed by atoms with E-state index in [-0.39, 0.29) is 23.6 Å². The molecule has 2 aromatic carbocycles. The third-order valence-corrected chi connectivity index (χ3v) is 7.54. The van der Waals surface area contributed by atoms with Crippen molar-refractivity contribution in [3.63, 3.8) is 0 Å². The number of pyridine rings is 1. The number of aryl methyl sites for hydroxylation is 3. The maximum Gasteiger partial charge on any atom is 0.305 e. The molecule has 0 spiro atoms. The normalized spacial score (nSPS) is 12.7. The summed E-state index contributed by atoms with van der Waals surface area (Å²) in [7, 11) is 3.90. The first kappa shape index (κ1) is 34.7. The Morgan fingerprint density at radius 3 is 2.25 bits per heavy atom. The van der Waals surface area contributed by atoms with E-state index in [2.05, 4.69) is 15.6 Å². The second kappa shape index (κ2) is 15.3. The largest absolute Gasteiger partial charge is 0.481 e. The quantitative estimate of drug-likeness (QED) is 0.214.